The van der Waals surface area contributed by atoms with Gasteiger partial charge in [0, 0.05) is 28.7 Å². The maximum absolute atomic E-state index is 12.4. The summed E-state index contributed by atoms with van der Waals surface area (Å²) in [5.74, 6) is -1.14. The van der Waals surface area contributed by atoms with Gasteiger partial charge in [0.05, 0.1) is 0 Å². The van der Waals surface area contributed by atoms with Crippen molar-refractivity contribution in [1.82, 2.24) is 0 Å². The molecule has 0 saturated carbocycles. The molecular formula is C17H10O4. The first kappa shape index (κ1) is 13.1. The van der Waals surface area contributed by atoms with Gasteiger partial charge in [-0.05, 0) is 24.3 Å². The number of carbonyl (C=O) groups excluding carboxylic acids is 4. The van der Waals surface area contributed by atoms with Crippen LogP contribution in [0.5, 0.6) is 0 Å². The van der Waals surface area contributed by atoms with Crippen LogP contribution in [-0.2, 0) is 9.59 Å². The van der Waals surface area contributed by atoms with Gasteiger partial charge in [-0.2, -0.15) is 0 Å². The topological polar surface area (TPSA) is 68.3 Å². The van der Waals surface area contributed by atoms with Gasteiger partial charge in [-0.1, -0.05) is 24.3 Å². The van der Waals surface area contributed by atoms with E-state index in [1.54, 1.807) is 24.3 Å². The maximum Gasteiger partial charge on any atom is 0.190 e. The molecule has 0 bridgehead atoms. The van der Waals surface area contributed by atoms with E-state index in [9.17, 15) is 19.2 Å². The zero-order valence-electron chi connectivity index (χ0n) is 11.0. The van der Waals surface area contributed by atoms with Gasteiger partial charge in [-0.25, -0.2) is 0 Å². The van der Waals surface area contributed by atoms with Crippen molar-refractivity contribution in [1.29, 1.82) is 0 Å². The summed E-state index contributed by atoms with van der Waals surface area (Å²) >= 11 is 0. The Morgan fingerprint density at radius 2 is 1.43 bits per heavy atom. The standard InChI is InChI=1S/C17H10O4/c18-12-5-6-15(19)10(8-12)7-11-9-16(20)13-3-1-2-4-14(13)17(11)21/h1-6,8-9H,7H2. The van der Waals surface area contributed by atoms with Crippen LogP contribution < -0.4 is 0 Å². The van der Waals surface area contributed by atoms with Gasteiger partial charge in [-0.3, -0.25) is 19.2 Å². The Bertz CT molecular complexity index is 791. The average Bonchev–Trinajstić information content (AvgIpc) is 2.48. The van der Waals surface area contributed by atoms with Gasteiger partial charge in [0.2, 0.25) is 0 Å². The van der Waals surface area contributed by atoms with Crippen molar-refractivity contribution in [3.63, 3.8) is 0 Å². The molecule has 0 spiro atoms. The second-order valence-corrected chi connectivity index (χ2v) is 4.85. The summed E-state index contributed by atoms with van der Waals surface area (Å²) in [5.41, 5.74) is 1.17. The van der Waals surface area contributed by atoms with Gasteiger partial charge in [-0.15, -0.1) is 0 Å². The van der Waals surface area contributed by atoms with Gasteiger partial charge in [0.25, 0.3) is 0 Å². The van der Waals surface area contributed by atoms with E-state index in [-0.39, 0.29) is 40.7 Å². The molecule has 0 aromatic heterocycles. The Morgan fingerprint density at radius 1 is 0.714 bits per heavy atom. The number of benzene rings is 1. The summed E-state index contributed by atoms with van der Waals surface area (Å²) in [7, 11) is 0. The van der Waals surface area contributed by atoms with Gasteiger partial charge >= 0.3 is 0 Å². The van der Waals surface area contributed by atoms with Crippen molar-refractivity contribution in [3.8, 4) is 0 Å². The summed E-state index contributed by atoms with van der Waals surface area (Å²) in [6.07, 6.45) is 4.82. The molecule has 0 fully saturated rings. The van der Waals surface area contributed by atoms with Crippen LogP contribution in [0.1, 0.15) is 27.1 Å². The highest BCUT2D eigenvalue weighted by Crippen LogP contribution is 2.26. The van der Waals surface area contributed by atoms with Gasteiger partial charge < -0.3 is 0 Å². The summed E-state index contributed by atoms with van der Waals surface area (Å²) in [6, 6.07) is 6.56. The predicted octanol–water partition coefficient (Wildman–Crippen LogP) is 2.02. The molecule has 0 aliphatic heterocycles. The number of allylic oxidation sites excluding steroid dienone is 6. The fraction of sp³-hybridized carbons (Fsp3) is 0.0588. The Balaban J connectivity index is 1.95. The monoisotopic (exact) mass is 278 g/mol. The Morgan fingerprint density at radius 3 is 2.19 bits per heavy atom. The third-order valence-electron chi connectivity index (χ3n) is 3.45. The zero-order chi connectivity index (χ0) is 15.0. The van der Waals surface area contributed by atoms with Crippen LogP contribution in [0.2, 0.25) is 0 Å². The first-order valence-electron chi connectivity index (χ1n) is 6.42. The van der Waals surface area contributed by atoms with E-state index in [1.165, 1.54) is 24.3 Å². The number of fused-ring (bicyclic) bond motifs is 1. The molecule has 3 rings (SSSR count). The van der Waals surface area contributed by atoms with Gasteiger partial charge in [0.15, 0.2) is 23.1 Å². The maximum atomic E-state index is 12.4. The lowest BCUT2D eigenvalue weighted by Crippen LogP contribution is -2.19. The normalized spacial score (nSPS) is 17.5. The van der Waals surface area contributed by atoms with Crippen molar-refractivity contribution in [2.24, 2.45) is 0 Å². The minimum absolute atomic E-state index is 0.00613. The number of carbonyl (C=O) groups is 4. The van der Waals surface area contributed by atoms with E-state index < -0.39 is 0 Å². The first-order valence-corrected chi connectivity index (χ1v) is 6.42. The van der Waals surface area contributed by atoms with E-state index in [0.717, 1.165) is 0 Å². The predicted molar refractivity (Wildman–Crippen MR) is 75.0 cm³/mol. The molecule has 0 heterocycles. The molecular weight excluding hydrogens is 268 g/mol. The molecule has 4 nitrogen and oxygen atoms in total. The Kier molecular flexibility index (Phi) is 3.06. The van der Waals surface area contributed by atoms with Crippen LogP contribution in [0.4, 0.5) is 0 Å². The summed E-state index contributed by atoms with van der Waals surface area (Å²) in [6.45, 7) is 0. The summed E-state index contributed by atoms with van der Waals surface area (Å²) in [5, 5.41) is 0. The van der Waals surface area contributed by atoms with Crippen LogP contribution in [0.3, 0.4) is 0 Å². The Labute approximate surface area is 120 Å². The van der Waals surface area contributed by atoms with Crippen LogP contribution in [0, 0.1) is 0 Å². The van der Waals surface area contributed by atoms with E-state index in [2.05, 4.69) is 0 Å². The third-order valence-corrected chi connectivity index (χ3v) is 3.45. The molecule has 1 aromatic carbocycles. The fourth-order valence-corrected chi connectivity index (χ4v) is 2.40. The van der Waals surface area contributed by atoms with Gasteiger partial charge in [0.1, 0.15) is 0 Å². The summed E-state index contributed by atoms with van der Waals surface area (Å²) < 4.78 is 0. The number of ketones is 4. The third kappa shape index (κ3) is 2.31. The molecule has 0 atom stereocenters. The molecule has 0 radical (unpaired) electrons. The van der Waals surface area contributed by atoms with E-state index >= 15 is 0 Å². The molecule has 1 aromatic rings. The largest absolute Gasteiger partial charge is 0.290 e. The van der Waals surface area contributed by atoms with Crippen molar-refractivity contribution in [2.75, 3.05) is 0 Å². The van der Waals surface area contributed by atoms with E-state index in [1.807, 2.05) is 0 Å². The highest BCUT2D eigenvalue weighted by atomic mass is 16.1. The summed E-state index contributed by atoms with van der Waals surface area (Å²) in [4.78, 5) is 47.4. The zero-order valence-corrected chi connectivity index (χ0v) is 11.0. The van der Waals surface area contributed by atoms with Crippen LogP contribution in [0.25, 0.3) is 0 Å². The van der Waals surface area contributed by atoms with Crippen molar-refractivity contribution >= 4 is 23.1 Å². The second kappa shape index (κ2) is 4.90. The lowest BCUT2D eigenvalue weighted by Gasteiger charge is -2.16. The number of hydrogen-bond acceptors (Lipinski definition) is 4. The molecule has 4 heteroatoms. The molecule has 0 N–H and O–H groups in total. The molecule has 0 saturated heterocycles. The molecule has 0 unspecified atom stereocenters. The fourth-order valence-electron chi connectivity index (χ4n) is 2.40. The minimum atomic E-state index is -0.311. The first-order chi connectivity index (χ1) is 10.1. The molecule has 0 amide bonds. The number of hydrogen-bond donors (Lipinski definition) is 0. The van der Waals surface area contributed by atoms with E-state index in [0.29, 0.717) is 11.1 Å². The number of Topliss-reactive ketones (excluding diaryl/α,β-unsaturated/α-hetero) is 1. The molecule has 21 heavy (non-hydrogen) atoms. The van der Waals surface area contributed by atoms with Crippen molar-refractivity contribution in [3.05, 3.63) is 70.8 Å². The lowest BCUT2D eigenvalue weighted by molar-refractivity contribution is -0.114. The quantitative estimate of drug-likeness (QED) is 0.776. The molecule has 2 aliphatic carbocycles. The lowest BCUT2D eigenvalue weighted by atomic mass is 9.85. The molecule has 102 valence electrons. The number of rotatable bonds is 2. The van der Waals surface area contributed by atoms with Crippen molar-refractivity contribution in [2.45, 2.75) is 6.42 Å². The average molecular weight is 278 g/mol. The molecule has 2 aliphatic rings. The van der Waals surface area contributed by atoms with Crippen LogP contribution in [-0.4, -0.2) is 23.1 Å². The second-order valence-electron chi connectivity index (χ2n) is 4.85. The van der Waals surface area contributed by atoms with Crippen LogP contribution in [0.15, 0.2) is 59.7 Å². The highest BCUT2D eigenvalue weighted by Gasteiger charge is 2.27. The minimum Gasteiger partial charge on any atom is -0.290 e. The Hall–Kier alpha value is -2.88. The highest BCUT2D eigenvalue weighted by molar-refractivity contribution is 6.25. The SMILES string of the molecule is O=C1C=CC(=O)C(CC2=CC(=O)c3ccccc3C2=O)=C1. The van der Waals surface area contributed by atoms with E-state index in [4.69, 9.17) is 0 Å². The van der Waals surface area contributed by atoms with Crippen molar-refractivity contribution < 1.29 is 19.2 Å². The van der Waals surface area contributed by atoms with Crippen LogP contribution >= 0.6 is 0 Å². The smallest absolute Gasteiger partial charge is 0.190 e.